The van der Waals surface area contributed by atoms with Crippen LogP contribution in [0.4, 0.5) is 0 Å². The summed E-state index contributed by atoms with van der Waals surface area (Å²) in [4.78, 5) is 22.7. The van der Waals surface area contributed by atoms with Crippen molar-refractivity contribution in [3.8, 4) is 6.07 Å². The Bertz CT molecular complexity index is 1160. The molecule has 166 valence electrons. The fraction of sp³-hybridized carbons (Fsp3) is 0.440. The van der Waals surface area contributed by atoms with Crippen LogP contribution >= 0.6 is 0 Å². The smallest absolute Gasteiger partial charge is 0.213 e. The van der Waals surface area contributed by atoms with Gasteiger partial charge in [-0.1, -0.05) is 45.0 Å². The Labute approximate surface area is 189 Å². The van der Waals surface area contributed by atoms with Crippen molar-refractivity contribution < 1.29 is 4.79 Å². The number of hydrogen-bond acceptors (Lipinski definition) is 6. The summed E-state index contributed by atoms with van der Waals surface area (Å²) in [6.07, 6.45) is 2.34. The summed E-state index contributed by atoms with van der Waals surface area (Å²) in [6.45, 7) is 11.5. The van der Waals surface area contributed by atoms with Crippen LogP contribution in [0.3, 0.4) is 0 Å². The van der Waals surface area contributed by atoms with Crippen molar-refractivity contribution in [2.24, 2.45) is 5.41 Å². The second kappa shape index (κ2) is 8.81. The predicted octanol–water partition coefficient (Wildman–Crippen LogP) is 3.17. The van der Waals surface area contributed by atoms with E-state index in [1.807, 2.05) is 24.3 Å². The summed E-state index contributed by atoms with van der Waals surface area (Å²) in [6, 6.07) is 11.6. The average molecular weight is 431 g/mol. The molecule has 1 aromatic carbocycles. The molecule has 0 radical (unpaired) electrons. The van der Waals surface area contributed by atoms with E-state index in [1.54, 1.807) is 16.8 Å². The third-order valence-electron chi connectivity index (χ3n) is 5.84. The minimum absolute atomic E-state index is 0.0603. The molecule has 0 spiro atoms. The molecule has 2 aromatic heterocycles. The number of carbonyl (C=O) groups is 1. The molecule has 0 bridgehead atoms. The number of piperazine rings is 1. The Hall–Kier alpha value is -3.08. The molecule has 0 aliphatic carbocycles. The summed E-state index contributed by atoms with van der Waals surface area (Å²) in [5.74, 6) is -0.112. The minimum Gasteiger partial charge on any atom is -0.304 e. The van der Waals surface area contributed by atoms with E-state index in [4.69, 9.17) is 0 Å². The van der Waals surface area contributed by atoms with E-state index < -0.39 is 0 Å². The molecule has 3 aromatic rings. The van der Waals surface area contributed by atoms with Gasteiger partial charge in [-0.05, 0) is 30.5 Å². The number of carbonyl (C=O) groups excluding carboxylic acids is 1. The topological polar surface area (TPSA) is 77.5 Å². The molecule has 1 aliphatic rings. The highest BCUT2D eigenvalue weighted by Gasteiger charge is 2.25. The van der Waals surface area contributed by atoms with Gasteiger partial charge in [0.25, 0.3) is 0 Å². The number of ketones is 1. The van der Waals surface area contributed by atoms with Gasteiger partial charge in [0, 0.05) is 50.0 Å². The van der Waals surface area contributed by atoms with Crippen LogP contribution < -0.4 is 0 Å². The molecule has 4 rings (SSSR count). The molecule has 3 heterocycles. The van der Waals surface area contributed by atoms with E-state index in [1.165, 1.54) is 5.56 Å². The Morgan fingerprint density at radius 1 is 1.09 bits per heavy atom. The van der Waals surface area contributed by atoms with E-state index in [2.05, 4.69) is 53.8 Å². The van der Waals surface area contributed by atoms with Crippen LogP contribution in [-0.2, 0) is 13.0 Å². The first-order chi connectivity index (χ1) is 15.2. The van der Waals surface area contributed by atoms with Crippen LogP contribution in [0.5, 0.6) is 0 Å². The number of rotatable bonds is 5. The standard InChI is InChI=1S/C25H30N6O/c1-25(2,3)15-21-22(28-31-10-9-20(16-26)27-24(21)31)23(32)19-7-5-18(6-8-19)17-30-13-11-29(4)12-14-30/h5-10H,11-15,17H2,1-4H3. The van der Waals surface area contributed by atoms with Gasteiger partial charge in [0.15, 0.2) is 5.65 Å². The molecule has 1 fully saturated rings. The first-order valence-corrected chi connectivity index (χ1v) is 11.1. The molecule has 0 amide bonds. The molecule has 7 nitrogen and oxygen atoms in total. The highest BCUT2D eigenvalue weighted by Crippen LogP contribution is 2.27. The number of nitrogens with zero attached hydrogens (tertiary/aromatic N) is 6. The zero-order chi connectivity index (χ0) is 22.9. The van der Waals surface area contributed by atoms with Gasteiger partial charge >= 0.3 is 0 Å². The van der Waals surface area contributed by atoms with Crippen LogP contribution in [0.2, 0.25) is 0 Å². The van der Waals surface area contributed by atoms with Crippen LogP contribution in [0.25, 0.3) is 5.65 Å². The molecular weight excluding hydrogens is 400 g/mol. The number of fused-ring (bicyclic) bond motifs is 1. The van der Waals surface area contributed by atoms with E-state index in [9.17, 15) is 10.1 Å². The summed E-state index contributed by atoms with van der Waals surface area (Å²) < 4.78 is 1.61. The van der Waals surface area contributed by atoms with E-state index in [0.29, 0.717) is 29.0 Å². The maximum absolute atomic E-state index is 13.4. The van der Waals surface area contributed by atoms with E-state index in [-0.39, 0.29) is 11.2 Å². The first-order valence-electron chi connectivity index (χ1n) is 11.1. The van der Waals surface area contributed by atoms with Crippen LogP contribution in [0, 0.1) is 16.7 Å². The molecule has 0 N–H and O–H groups in total. The number of aromatic nitrogens is 3. The fourth-order valence-electron chi connectivity index (χ4n) is 4.08. The Morgan fingerprint density at radius 3 is 2.41 bits per heavy atom. The van der Waals surface area contributed by atoms with Crippen LogP contribution in [0.15, 0.2) is 36.5 Å². The third-order valence-corrected chi connectivity index (χ3v) is 5.84. The fourth-order valence-corrected chi connectivity index (χ4v) is 4.08. The molecule has 7 heteroatoms. The van der Waals surface area contributed by atoms with Crippen molar-refractivity contribution in [1.29, 1.82) is 5.26 Å². The normalized spacial score (nSPS) is 15.7. The highest BCUT2D eigenvalue weighted by molar-refractivity contribution is 6.09. The number of hydrogen-bond donors (Lipinski definition) is 0. The molecule has 0 atom stereocenters. The molecule has 1 saturated heterocycles. The van der Waals surface area contributed by atoms with Crippen LogP contribution in [0.1, 0.15) is 53.6 Å². The summed E-state index contributed by atoms with van der Waals surface area (Å²) in [5, 5.41) is 13.8. The summed E-state index contributed by atoms with van der Waals surface area (Å²) in [7, 11) is 2.15. The SMILES string of the molecule is CN1CCN(Cc2ccc(C(=O)c3nn4ccc(C#N)nc4c3CC(C)(C)C)cc2)CC1. The lowest BCUT2D eigenvalue weighted by molar-refractivity contribution is 0.103. The molecule has 32 heavy (non-hydrogen) atoms. The maximum Gasteiger partial charge on any atom is 0.213 e. The average Bonchev–Trinajstić information content (AvgIpc) is 3.11. The lowest BCUT2D eigenvalue weighted by Crippen LogP contribution is -2.43. The van der Waals surface area contributed by atoms with Crippen LogP contribution in [-0.4, -0.2) is 63.4 Å². The zero-order valence-electron chi connectivity index (χ0n) is 19.3. The number of nitriles is 1. The van der Waals surface area contributed by atoms with Crippen molar-refractivity contribution in [2.75, 3.05) is 33.2 Å². The Kier molecular flexibility index (Phi) is 6.09. The molecule has 0 unspecified atom stereocenters. The third kappa shape index (κ3) is 4.87. The van der Waals surface area contributed by atoms with Gasteiger partial charge in [-0.25, -0.2) is 9.50 Å². The van der Waals surface area contributed by atoms with Gasteiger partial charge in [0.2, 0.25) is 5.78 Å². The van der Waals surface area contributed by atoms with Gasteiger partial charge in [0.1, 0.15) is 17.5 Å². The van der Waals surface area contributed by atoms with Crippen molar-refractivity contribution in [3.05, 3.63) is 64.6 Å². The van der Waals surface area contributed by atoms with Crippen molar-refractivity contribution in [3.63, 3.8) is 0 Å². The van der Waals surface area contributed by atoms with Crippen molar-refractivity contribution in [1.82, 2.24) is 24.4 Å². The zero-order valence-corrected chi connectivity index (χ0v) is 19.3. The van der Waals surface area contributed by atoms with E-state index >= 15 is 0 Å². The van der Waals surface area contributed by atoms with Gasteiger partial charge in [-0.2, -0.15) is 10.4 Å². The predicted molar refractivity (Wildman–Crippen MR) is 124 cm³/mol. The molecule has 1 aliphatic heterocycles. The van der Waals surface area contributed by atoms with Crippen molar-refractivity contribution >= 4 is 11.4 Å². The quantitative estimate of drug-likeness (QED) is 0.579. The Balaban J connectivity index is 1.61. The monoisotopic (exact) mass is 430 g/mol. The summed E-state index contributed by atoms with van der Waals surface area (Å²) in [5.41, 5.74) is 3.86. The van der Waals surface area contributed by atoms with E-state index in [0.717, 1.165) is 38.3 Å². The lowest BCUT2D eigenvalue weighted by Gasteiger charge is -2.32. The second-order valence-electron chi connectivity index (χ2n) is 9.86. The van der Waals surface area contributed by atoms with Crippen molar-refractivity contribution in [2.45, 2.75) is 33.7 Å². The number of benzene rings is 1. The molecule has 0 saturated carbocycles. The lowest BCUT2D eigenvalue weighted by atomic mass is 9.87. The second-order valence-corrected chi connectivity index (χ2v) is 9.86. The first kappa shape index (κ1) is 22.1. The van der Waals surface area contributed by atoms with Gasteiger partial charge in [-0.15, -0.1) is 0 Å². The molecular formula is C25H30N6O. The van der Waals surface area contributed by atoms with Gasteiger partial charge in [-0.3, -0.25) is 9.69 Å². The van der Waals surface area contributed by atoms with Gasteiger partial charge < -0.3 is 4.90 Å². The summed E-state index contributed by atoms with van der Waals surface area (Å²) >= 11 is 0. The highest BCUT2D eigenvalue weighted by atomic mass is 16.1. The Morgan fingerprint density at radius 2 is 1.78 bits per heavy atom. The number of likely N-dealkylation sites (N-methyl/N-ethyl adjacent to an activating group) is 1. The largest absolute Gasteiger partial charge is 0.304 e. The maximum atomic E-state index is 13.4. The van der Waals surface area contributed by atoms with Gasteiger partial charge in [0.05, 0.1) is 0 Å². The minimum atomic E-state index is -0.112.